The number of aliphatic hydroxyl groups excluding tert-OH is 1. The highest BCUT2D eigenvalue weighted by atomic mass is 19.1. The number of phenols is 1. The molecule has 1 aromatic carbocycles. The van der Waals surface area contributed by atoms with Gasteiger partial charge in [-0.05, 0) is 31.9 Å². The first kappa shape index (κ1) is 13.9. The van der Waals surface area contributed by atoms with Crippen molar-refractivity contribution in [3.8, 4) is 5.75 Å². The zero-order valence-corrected chi connectivity index (χ0v) is 10.3. The van der Waals surface area contributed by atoms with E-state index in [1.807, 2.05) is 13.8 Å². The van der Waals surface area contributed by atoms with Crippen LogP contribution in [-0.4, -0.2) is 23.4 Å². The van der Waals surface area contributed by atoms with Gasteiger partial charge in [-0.2, -0.15) is 0 Å². The van der Waals surface area contributed by atoms with E-state index in [2.05, 4.69) is 5.32 Å². The highest BCUT2D eigenvalue weighted by molar-refractivity contribution is 5.29. The maximum absolute atomic E-state index is 13.5. The van der Waals surface area contributed by atoms with Gasteiger partial charge in [0.2, 0.25) is 0 Å². The van der Waals surface area contributed by atoms with Gasteiger partial charge < -0.3 is 15.5 Å². The molecule has 2 unspecified atom stereocenters. The molecular formula is C13H20FNO2. The van der Waals surface area contributed by atoms with Crippen molar-refractivity contribution in [3.63, 3.8) is 0 Å². The van der Waals surface area contributed by atoms with E-state index >= 15 is 0 Å². The highest BCUT2D eigenvalue weighted by Gasteiger charge is 2.12. The largest absolute Gasteiger partial charge is 0.508 e. The minimum Gasteiger partial charge on any atom is -0.508 e. The van der Waals surface area contributed by atoms with Gasteiger partial charge in [0, 0.05) is 24.3 Å². The molecule has 0 saturated carbocycles. The predicted molar refractivity (Wildman–Crippen MR) is 65.3 cm³/mol. The Morgan fingerprint density at radius 2 is 2.06 bits per heavy atom. The Hall–Kier alpha value is -1.13. The van der Waals surface area contributed by atoms with Crippen LogP contribution in [0, 0.1) is 11.7 Å². The molecule has 0 saturated heterocycles. The molecule has 2 atom stereocenters. The number of aliphatic hydroxyl groups is 1. The first-order valence-corrected chi connectivity index (χ1v) is 5.87. The summed E-state index contributed by atoms with van der Waals surface area (Å²) in [4.78, 5) is 0. The highest BCUT2D eigenvalue weighted by Crippen LogP contribution is 2.21. The van der Waals surface area contributed by atoms with Gasteiger partial charge in [0.05, 0.1) is 0 Å². The molecule has 0 heterocycles. The molecule has 96 valence electrons. The van der Waals surface area contributed by atoms with E-state index in [1.165, 1.54) is 6.07 Å². The van der Waals surface area contributed by atoms with Gasteiger partial charge in [-0.1, -0.05) is 13.0 Å². The zero-order valence-electron chi connectivity index (χ0n) is 10.3. The van der Waals surface area contributed by atoms with Gasteiger partial charge in [0.25, 0.3) is 0 Å². The van der Waals surface area contributed by atoms with Crippen LogP contribution in [0.1, 0.15) is 31.9 Å². The Bertz CT molecular complexity index is 357. The third kappa shape index (κ3) is 4.32. The lowest BCUT2D eigenvalue weighted by Crippen LogP contribution is -2.25. The first-order valence-electron chi connectivity index (χ1n) is 5.87. The minimum absolute atomic E-state index is 0.0629. The average molecular weight is 241 g/mol. The van der Waals surface area contributed by atoms with Crippen LogP contribution in [0.3, 0.4) is 0 Å². The molecule has 0 bridgehead atoms. The van der Waals surface area contributed by atoms with Crippen molar-refractivity contribution in [3.05, 3.63) is 29.6 Å². The quantitative estimate of drug-likeness (QED) is 0.715. The van der Waals surface area contributed by atoms with E-state index in [4.69, 9.17) is 10.2 Å². The van der Waals surface area contributed by atoms with Gasteiger partial charge in [-0.25, -0.2) is 4.39 Å². The normalized spacial score (nSPS) is 14.6. The lowest BCUT2D eigenvalue weighted by Gasteiger charge is -2.18. The number of benzene rings is 1. The molecule has 3 nitrogen and oxygen atoms in total. The molecular weight excluding hydrogens is 221 g/mol. The summed E-state index contributed by atoms with van der Waals surface area (Å²) in [5.74, 6) is -0.116. The van der Waals surface area contributed by atoms with Gasteiger partial charge in [-0.15, -0.1) is 0 Å². The number of aromatic hydroxyl groups is 1. The van der Waals surface area contributed by atoms with Gasteiger partial charge in [-0.3, -0.25) is 0 Å². The second kappa shape index (κ2) is 6.57. The van der Waals surface area contributed by atoms with Crippen molar-refractivity contribution in [1.82, 2.24) is 5.32 Å². The van der Waals surface area contributed by atoms with Crippen LogP contribution in [0.5, 0.6) is 5.75 Å². The maximum Gasteiger partial charge on any atom is 0.131 e. The van der Waals surface area contributed by atoms with Gasteiger partial charge in [0.1, 0.15) is 11.6 Å². The van der Waals surface area contributed by atoms with E-state index in [1.54, 1.807) is 6.07 Å². The molecule has 0 aliphatic rings. The fourth-order valence-electron chi connectivity index (χ4n) is 1.68. The average Bonchev–Trinajstić information content (AvgIpc) is 2.26. The fourth-order valence-corrected chi connectivity index (χ4v) is 1.68. The van der Waals surface area contributed by atoms with Gasteiger partial charge >= 0.3 is 0 Å². The molecule has 0 spiro atoms. The number of nitrogens with one attached hydrogen (secondary N) is 1. The van der Waals surface area contributed by atoms with Crippen LogP contribution in [0.25, 0.3) is 0 Å². The number of hydrogen-bond acceptors (Lipinski definition) is 3. The van der Waals surface area contributed by atoms with Crippen molar-refractivity contribution < 1.29 is 14.6 Å². The number of halogens is 1. The fraction of sp³-hybridized carbons (Fsp3) is 0.538. The molecule has 0 fully saturated rings. The zero-order chi connectivity index (χ0) is 12.8. The Kier molecular flexibility index (Phi) is 5.38. The Labute approximate surface area is 101 Å². The van der Waals surface area contributed by atoms with Crippen molar-refractivity contribution in [2.75, 3.05) is 13.2 Å². The van der Waals surface area contributed by atoms with Crippen LogP contribution in [-0.2, 0) is 0 Å². The van der Waals surface area contributed by atoms with Crippen LogP contribution in [0.2, 0.25) is 0 Å². The monoisotopic (exact) mass is 241 g/mol. The molecule has 4 heteroatoms. The number of rotatable bonds is 6. The molecule has 0 aromatic heterocycles. The summed E-state index contributed by atoms with van der Waals surface area (Å²) in [7, 11) is 0. The molecule has 0 radical (unpaired) electrons. The Morgan fingerprint density at radius 1 is 1.35 bits per heavy atom. The Balaban J connectivity index is 2.54. The summed E-state index contributed by atoms with van der Waals surface area (Å²) in [6.45, 7) is 4.80. The van der Waals surface area contributed by atoms with Crippen LogP contribution in [0.4, 0.5) is 4.39 Å². The minimum atomic E-state index is -0.403. The SMILES string of the molecule is CC(CCO)CNC(C)c1ccc(O)cc1F. The molecule has 3 N–H and O–H groups in total. The molecule has 1 aromatic rings. The van der Waals surface area contributed by atoms with Crippen LogP contribution >= 0.6 is 0 Å². The smallest absolute Gasteiger partial charge is 0.131 e. The van der Waals surface area contributed by atoms with Crippen molar-refractivity contribution >= 4 is 0 Å². The van der Waals surface area contributed by atoms with E-state index in [9.17, 15) is 4.39 Å². The second-order valence-electron chi connectivity index (χ2n) is 4.45. The van der Waals surface area contributed by atoms with Crippen LogP contribution < -0.4 is 5.32 Å². The van der Waals surface area contributed by atoms with E-state index in [0.29, 0.717) is 11.5 Å². The van der Waals surface area contributed by atoms with E-state index in [0.717, 1.165) is 19.0 Å². The third-order valence-corrected chi connectivity index (χ3v) is 2.84. The van der Waals surface area contributed by atoms with Crippen LogP contribution in [0.15, 0.2) is 18.2 Å². The summed E-state index contributed by atoms with van der Waals surface area (Å²) >= 11 is 0. The molecule has 0 aliphatic carbocycles. The van der Waals surface area contributed by atoms with E-state index < -0.39 is 5.82 Å². The van der Waals surface area contributed by atoms with Crippen molar-refractivity contribution in [2.24, 2.45) is 5.92 Å². The predicted octanol–water partition coefficient (Wildman–Crippen LogP) is 2.20. The first-order chi connectivity index (χ1) is 8.04. The topological polar surface area (TPSA) is 52.5 Å². The van der Waals surface area contributed by atoms with Crippen molar-refractivity contribution in [2.45, 2.75) is 26.3 Å². The molecule has 0 amide bonds. The second-order valence-corrected chi connectivity index (χ2v) is 4.45. The number of hydrogen-bond donors (Lipinski definition) is 3. The van der Waals surface area contributed by atoms with E-state index in [-0.39, 0.29) is 18.4 Å². The third-order valence-electron chi connectivity index (χ3n) is 2.84. The lowest BCUT2D eigenvalue weighted by molar-refractivity contribution is 0.258. The molecule has 0 aliphatic heterocycles. The number of phenolic OH excluding ortho intramolecular Hbond substituents is 1. The standard InChI is InChI=1S/C13H20FNO2/c1-9(5-6-16)8-15-10(2)12-4-3-11(17)7-13(12)14/h3-4,7,9-10,15-17H,5-6,8H2,1-2H3. The summed E-state index contributed by atoms with van der Waals surface area (Å²) in [6.07, 6.45) is 0.734. The Morgan fingerprint density at radius 3 is 2.65 bits per heavy atom. The van der Waals surface area contributed by atoms with Gasteiger partial charge in [0.15, 0.2) is 0 Å². The van der Waals surface area contributed by atoms with Crippen molar-refractivity contribution in [1.29, 1.82) is 0 Å². The molecule has 1 rings (SSSR count). The lowest BCUT2D eigenvalue weighted by atomic mass is 10.1. The summed E-state index contributed by atoms with van der Waals surface area (Å²) in [5, 5.41) is 21.1. The summed E-state index contributed by atoms with van der Waals surface area (Å²) in [6, 6.07) is 4.06. The summed E-state index contributed by atoms with van der Waals surface area (Å²) in [5.41, 5.74) is 0.541. The molecule has 17 heavy (non-hydrogen) atoms. The summed E-state index contributed by atoms with van der Waals surface area (Å²) < 4.78 is 13.5. The maximum atomic E-state index is 13.5.